The van der Waals surface area contributed by atoms with E-state index in [1.807, 2.05) is 0 Å². The molecule has 1 rings (SSSR count). The number of carbonyl (C=O) groups is 1. The molecule has 12 heavy (non-hydrogen) atoms. The summed E-state index contributed by atoms with van der Waals surface area (Å²) in [6, 6.07) is 3.05. The molecular formula is C8H10N2O2. The molecule has 2 N–H and O–H groups in total. The van der Waals surface area contributed by atoms with Gasteiger partial charge in [-0.3, -0.25) is 4.79 Å². The fourth-order valence-corrected chi connectivity index (χ4v) is 0.957. The summed E-state index contributed by atoms with van der Waals surface area (Å²) in [6.07, 6.45) is 1.55. The highest BCUT2D eigenvalue weighted by Gasteiger charge is 2.16. The first kappa shape index (κ1) is 8.52. The van der Waals surface area contributed by atoms with E-state index >= 15 is 0 Å². The molecule has 4 heteroatoms. The van der Waals surface area contributed by atoms with E-state index in [4.69, 9.17) is 5.73 Å². The van der Waals surface area contributed by atoms with Crippen LogP contribution >= 0.6 is 0 Å². The maximum Gasteiger partial charge on any atom is 0.282 e. The highest BCUT2D eigenvalue weighted by Crippen LogP contribution is 2.07. The van der Waals surface area contributed by atoms with Crippen molar-refractivity contribution in [1.29, 1.82) is 0 Å². The lowest BCUT2D eigenvalue weighted by Gasteiger charge is -2.03. The number of Topliss-reactive ketones (excluding diaryl/α,β-unsaturated/α-hetero) is 1. The quantitative estimate of drug-likeness (QED) is 0.395. The molecule has 0 saturated carbocycles. The Hall–Kier alpha value is -1.58. The smallest absolute Gasteiger partial charge is 0.282 e. The van der Waals surface area contributed by atoms with Gasteiger partial charge in [0.25, 0.3) is 5.69 Å². The minimum atomic E-state index is -0.233. The molecule has 64 valence electrons. The molecule has 0 aliphatic heterocycles. The van der Waals surface area contributed by atoms with Crippen LogP contribution in [0, 0.1) is 5.21 Å². The van der Waals surface area contributed by atoms with Crippen molar-refractivity contribution in [3.63, 3.8) is 0 Å². The monoisotopic (exact) mass is 166 g/mol. The molecule has 0 fully saturated rings. The average molecular weight is 166 g/mol. The maximum atomic E-state index is 11.2. The Balaban J connectivity index is 3.21. The molecule has 4 nitrogen and oxygen atoms in total. The molecule has 0 radical (unpaired) electrons. The van der Waals surface area contributed by atoms with Crippen LogP contribution in [0.1, 0.15) is 23.8 Å². The van der Waals surface area contributed by atoms with Gasteiger partial charge in [-0.1, -0.05) is 6.92 Å². The summed E-state index contributed by atoms with van der Waals surface area (Å²) in [5.41, 5.74) is 5.73. The van der Waals surface area contributed by atoms with Gasteiger partial charge in [0.2, 0.25) is 5.78 Å². The third kappa shape index (κ3) is 1.37. The highest BCUT2D eigenvalue weighted by atomic mass is 16.5. The van der Waals surface area contributed by atoms with E-state index in [0.29, 0.717) is 4.73 Å². The third-order valence-corrected chi connectivity index (χ3v) is 1.58. The van der Waals surface area contributed by atoms with Crippen LogP contribution in [-0.2, 0) is 0 Å². The lowest BCUT2D eigenvalue weighted by molar-refractivity contribution is -0.606. The Morgan fingerprint density at radius 1 is 1.75 bits per heavy atom. The van der Waals surface area contributed by atoms with Gasteiger partial charge in [0, 0.05) is 12.5 Å². The second-order valence-corrected chi connectivity index (χ2v) is 2.41. The standard InChI is InChI=1S/C8H10N2O2/c1-2-7(11)8-6(9)4-3-5-10(8)12/h3-5H,2,9H2,1H3. The van der Waals surface area contributed by atoms with Gasteiger partial charge in [-0.25, -0.2) is 0 Å². The maximum absolute atomic E-state index is 11.2. The Morgan fingerprint density at radius 2 is 2.42 bits per heavy atom. The summed E-state index contributed by atoms with van der Waals surface area (Å²) in [6.45, 7) is 1.69. The summed E-state index contributed by atoms with van der Waals surface area (Å²) < 4.78 is 0.501. The number of anilines is 1. The fraction of sp³-hybridized carbons (Fsp3) is 0.250. The van der Waals surface area contributed by atoms with Gasteiger partial charge < -0.3 is 10.9 Å². The summed E-state index contributed by atoms with van der Waals surface area (Å²) in [5.74, 6) is -0.233. The third-order valence-electron chi connectivity index (χ3n) is 1.58. The molecule has 0 saturated heterocycles. The van der Waals surface area contributed by atoms with Crippen LogP contribution in [0.4, 0.5) is 5.69 Å². The molecule has 0 spiro atoms. The predicted octanol–water partition coefficient (Wildman–Crippen LogP) is 0.495. The topological polar surface area (TPSA) is 70.0 Å². The SMILES string of the molecule is CCC(=O)c1c(N)ccc[n+]1[O-]. The number of pyridine rings is 1. The van der Waals surface area contributed by atoms with Gasteiger partial charge in [0.15, 0.2) is 6.20 Å². The minimum Gasteiger partial charge on any atom is -0.618 e. The van der Waals surface area contributed by atoms with Crippen molar-refractivity contribution in [1.82, 2.24) is 0 Å². The molecule has 0 aliphatic carbocycles. The first-order valence-electron chi connectivity index (χ1n) is 3.67. The van der Waals surface area contributed by atoms with Crippen LogP contribution in [-0.4, -0.2) is 5.78 Å². The number of nitrogens with zero attached hydrogens (tertiary/aromatic N) is 1. The van der Waals surface area contributed by atoms with Crippen LogP contribution in [0.25, 0.3) is 0 Å². The molecule has 0 bridgehead atoms. The number of nitrogens with two attached hydrogens (primary N) is 1. The molecule has 1 heterocycles. The van der Waals surface area contributed by atoms with Gasteiger partial charge in [-0.2, -0.15) is 4.73 Å². The van der Waals surface area contributed by atoms with Crippen LogP contribution in [0.5, 0.6) is 0 Å². The van der Waals surface area contributed by atoms with E-state index in [9.17, 15) is 10.0 Å². The molecule has 0 unspecified atom stereocenters. The lowest BCUT2D eigenvalue weighted by atomic mass is 10.2. The van der Waals surface area contributed by atoms with Crippen molar-refractivity contribution in [3.8, 4) is 0 Å². The van der Waals surface area contributed by atoms with Crippen LogP contribution < -0.4 is 10.5 Å². The van der Waals surface area contributed by atoms with Gasteiger partial charge in [0.1, 0.15) is 5.69 Å². The normalized spacial score (nSPS) is 9.75. The predicted molar refractivity (Wildman–Crippen MR) is 44.4 cm³/mol. The first-order valence-corrected chi connectivity index (χ1v) is 3.67. The number of hydrogen-bond acceptors (Lipinski definition) is 3. The lowest BCUT2D eigenvalue weighted by Crippen LogP contribution is -2.34. The van der Waals surface area contributed by atoms with Crippen LogP contribution in [0.2, 0.25) is 0 Å². The van der Waals surface area contributed by atoms with Gasteiger partial charge >= 0.3 is 0 Å². The average Bonchev–Trinajstić information content (AvgIpc) is 2.03. The largest absolute Gasteiger partial charge is 0.618 e. The molecule has 1 aromatic rings. The minimum absolute atomic E-state index is 0.0417. The summed E-state index contributed by atoms with van der Waals surface area (Å²) in [7, 11) is 0. The summed E-state index contributed by atoms with van der Waals surface area (Å²) in [4.78, 5) is 11.2. The molecule has 0 aliphatic rings. The highest BCUT2D eigenvalue weighted by molar-refractivity contribution is 5.97. The zero-order valence-corrected chi connectivity index (χ0v) is 6.78. The number of nitrogen functional groups attached to an aromatic ring is 1. The van der Waals surface area contributed by atoms with E-state index in [2.05, 4.69) is 0 Å². The zero-order valence-electron chi connectivity index (χ0n) is 6.78. The van der Waals surface area contributed by atoms with Gasteiger partial charge in [-0.15, -0.1) is 0 Å². The van der Waals surface area contributed by atoms with Crippen molar-refractivity contribution in [2.24, 2.45) is 0 Å². The molecule has 0 atom stereocenters. The number of rotatable bonds is 2. The number of aromatic nitrogens is 1. The second kappa shape index (κ2) is 3.21. The van der Waals surface area contributed by atoms with E-state index in [1.54, 1.807) is 6.92 Å². The number of carbonyl (C=O) groups excluding carboxylic acids is 1. The van der Waals surface area contributed by atoms with Crippen molar-refractivity contribution >= 4 is 11.5 Å². The van der Waals surface area contributed by atoms with Gasteiger partial charge in [0.05, 0.1) is 0 Å². The Morgan fingerprint density at radius 3 is 2.92 bits per heavy atom. The molecular weight excluding hydrogens is 156 g/mol. The molecule has 0 amide bonds. The van der Waals surface area contributed by atoms with Crippen molar-refractivity contribution in [2.45, 2.75) is 13.3 Å². The van der Waals surface area contributed by atoms with E-state index < -0.39 is 0 Å². The van der Waals surface area contributed by atoms with E-state index in [0.717, 1.165) is 0 Å². The Kier molecular flexibility index (Phi) is 2.28. The Labute approximate surface area is 70.2 Å². The second-order valence-electron chi connectivity index (χ2n) is 2.41. The summed E-state index contributed by atoms with van der Waals surface area (Å²) in [5, 5.41) is 11.1. The Bertz CT molecular complexity index is 290. The van der Waals surface area contributed by atoms with Crippen molar-refractivity contribution < 1.29 is 9.52 Å². The number of hydrogen-bond donors (Lipinski definition) is 1. The van der Waals surface area contributed by atoms with Crippen molar-refractivity contribution in [2.75, 3.05) is 5.73 Å². The first-order chi connectivity index (χ1) is 5.66. The summed E-state index contributed by atoms with van der Waals surface area (Å²) >= 11 is 0. The van der Waals surface area contributed by atoms with Crippen LogP contribution in [0.3, 0.4) is 0 Å². The van der Waals surface area contributed by atoms with Crippen molar-refractivity contribution in [3.05, 3.63) is 29.2 Å². The van der Waals surface area contributed by atoms with Crippen LogP contribution in [0.15, 0.2) is 18.3 Å². The number of ketones is 1. The fourth-order valence-electron chi connectivity index (χ4n) is 0.957. The zero-order chi connectivity index (χ0) is 9.14. The van der Waals surface area contributed by atoms with Gasteiger partial charge in [-0.05, 0) is 6.07 Å². The van der Waals surface area contributed by atoms with E-state index in [-0.39, 0.29) is 23.6 Å². The molecule has 1 aromatic heterocycles. The van der Waals surface area contributed by atoms with E-state index in [1.165, 1.54) is 18.3 Å². The molecule has 0 aromatic carbocycles.